The molecule has 7 heteroatoms. The van der Waals surface area contributed by atoms with Gasteiger partial charge < -0.3 is 4.90 Å². The van der Waals surface area contributed by atoms with E-state index in [0.29, 0.717) is 24.2 Å². The molecule has 1 saturated heterocycles. The SMILES string of the molecule is O=[N+]([O-])c1cc(C(F)(F)F)ccc1N1CCCC2CCCCC21. The first kappa shape index (κ1) is 16.1. The van der Waals surface area contributed by atoms with Crippen molar-refractivity contribution in [2.24, 2.45) is 5.92 Å². The van der Waals surface area contributed by atoms with E-state index in [4.69, 9.17) is 0 Å². The minimum Gasteiger partial charge on any atom is -0.363 e. The summed E-state index contributed by atoms with van der Waals surface area (Å²) < 4.78 is 38.5. The molecule has 0 N–H and O–H groups in total. The van der Waals surface area contributed by atoms with Crippen LogP contribution in [0.5, 0.6) is 0 Å². The van der Waals surface area contributed by atoms with E-state index in [2.05, 4.69) is 0 Å². The maximum atomic E-state index is 12.8. The molecule has 1 aliphatic carbocycles. The van der Waals surface area contributed by atoms with Crippen molar-refractivity contribution in [3.05, 3.63) is 33.9 Å². The Labute approximate surface area is 132 Å². The van der Waals surface area contributed by atoms with Gasteiger partial charge in [0.1, 0.15) is 5.69 Å². The number of halogens is 3. The third-order valence-corrected chi connectivity index (χ3v) is 5.05. The molecular weight excluding hydrogens is 309 g/mol. The fraction of sp³-hybridized carbons (Fsp3) is 0.625. The molecule has 0 aromatic heterocycles. The van der Waals surface area contributed by atoms with Crippen molar-refractivity contribution >= 4 is 11.4 Å². The summed E-state index contributed by atoms with van der Waals surface area (Å²) >= 11 is 0. The monoisotopic (exact) mass is 328 g/mol. The van der Waals surface area contributed by atoms with Crippen molar-refractivity contribution in [3.63, 3.8) is 0 Å². The van der Waals surface area contributed by atoms with Gasteiger partial charge in [-0.25, -0.2) is 0 Å². The zero-order chi connectivity index (χ0) is 16.6. The Hall–Kier alpha value is -1.79. The Bertz CT molecular complexity index is 601. The fourth-order valence-electron chi connectivity index (χ4n) is 4.01. The molecule has 1 saturated carbocycles. The molecule has 2 atom stereocenters. The minimum absolute atomic E-state index is 0.216. The summed E-state index contributed by atoms with van der Waals surface area (Å²) in [5.41, 5.74) is -1.07. The average molecular weight is 328 g/mol. The summed E-state index contributed by atoms with van der Waals surface area (Å²) in [6.07, 6.45) is 1.78. The number of rotatable bonds is 2. The number of alkyl halides is 3. The fourth-order valence-corrected chi connectivity index (χ4v) is 4.01. The molecule has 1 heterocycles. The largest absolute Gasteiger partial charge is 0.416 e. The van der Waals surface area contributed by atoms with E-state index in [1.807, 2.05) is 4.90 Å². The van der Waals surface area contributed by atoms with Gasteiger partial charge in [-0.15, -0.1) is 0 Å². The molecule has 0 spiro atoms. The maximum absolute atomic E-state index is 12.8. The second-order valence-corrected chi connectivity index (χ2v) is 6.41. The highest BCUT2D eigenvalue weighted by Gasteiger charge is 2.38. The molecule has 126 valence electrons. The summed E-state index contributed by atoms with van der Waals surface area (Å²) in [5.74, 6) is 0.499. The van der Waals surface area contributed by atoms with Crippen LogP contribution in [-0.2, 0) is 6.18 Å². The van der Waals surface area contributed by atoms with Crippen molar-refractivity contribution in [1.82, 2.24) is 0 Å². The van der Waals surface area contributed by atoms with Gasteiger partial charge in [-0.2, -0.15) is 13.2 Å². The van der Waals surface area contributed by atoms with E-state index < -0.39 is 22.4 Å². The number of piperidine rings is 1. The van der Waals surface area contributed by atoms with Crippen molar-refractivity contribution in [2.75, 3.05) is 11.4 Å². The molecule has 2 aliphatic rings. The summed E-state index contributed by atoms with van der Waals surface area (Å²) in [5, 5.41) is 11.3. The zero-order valence-electron chi connectivity index (χ0n) is 12.7. The van der Waals surface area contributed by atoms with Gasteiger partial charge in [0.2, 0.25) is 0 Å². The lowest BCUT2D eigenvalue weighted by Gasteiger charge is -2.45. The summed E-state index contributed by atoms with van der Waals surface area (Å²) in [7, 11) is 0. The maximum Gasteiger partial charge on any atom is 0.416 e. The number of fused-ring (bicyclic) bond motifs is 1. The minimum atomic E-state index is -4.57. The Morgan fingerprint density at radius 3 is 2.52 bits per heavy atom. The molecule has 1 aromatic rings. The van der Waals surface area contributed by atoms with Crippen LogP contribution in [0, 0.1) is 16.0 Å². The normalized spacial score (nSPS) is 25.1. The predicted molar refractivity (Wildman–Crippen MR) is 80.4 cm³/mol. The summed E-state index contributed by atoms with van der Waals surface area (Å²) in [6.45, 7) is 0.674. The van der Waals surface area contributed by atoms with Crippen molar-refractivity contribution in [1.29, 1.82) is 0 Å². The second kappa shape index (κ2) is 6.02. The highest BCUT2D eigenvalue weighted by molar-refractivity contribution is 5.65. The molecule has 0 radical (unpaired) electrons. The number of hydrogen-bond acceptors (Lipinski definition) is 3. The number of nitrogens with zero attached hydrogens (tertiary/aromatic N) is 2. The van der Waals surface area contributed by atoms with Crippen LogP contribution in [0.3, 0.4) is 0 Å². The van der Waals surface area contributed by atoms with Gasteiger partial charge in [-0.1, -0.05) is 12.8 Å². The highest BCUT2D eigenvalue weighted by Crippen LogP contribution is 2.42. The lowest BCUT2D eigenvalue weighted by molar-refractivity contribution is -0.384. The quantitative estimate of drug-likeness (QED) is 0.580. The van der Waals surface area contributed by atoms with Crippen LogP contribution < -0.4 is 4.90 Å². The zero-order valence-corrected chi connectivity index (χ0v) is 12.7. The van der Waals surface area contributed by atoms with Crippen LogP contribution >= 0.6 is 0 Å². The molecule has 4 nitrogen and oxygen atoms in total. The molecular formula is C16H19F3N2O2. The third-order valence-electron chi connectivity index (χ3n) is 5.05. The second-order valence-electron chi connectivity index (χ2n) is 6.41. The van der Waals surface area contributed by atoms with Gasteiger partial charge in [-0.05, 0) is 43.7 Å². The van der Waals surface area contributed by atoms with Crippen LogP contribution in [0.4, 0.5) is 24.5 Å². The van der Waals surface area contributed by atoms with Crippen molar-refractivity contribution in [2.45, 2.75) is 50.7 Å². The summed E-state index contributed by atoms with van der Waals surface area (Å²) in [6, 6.07) is 3.11. The molecule has 2 unspecified atom stereocenters. The smallest absolute Gasteiger partial charge is 0.363 e. The van der Waals surface area contributed by atoms with Gasteiger partial charge >= 0.3 is 6.18 Å². The van der Waals surface area contributed by atoms with Crippen LogP contribution in [0.1, 0.15) is 44.1 Å². The van der Waals surface area contributed by atoms with Crippen molar-refractivity contribution < 1.29 is 18.1 Å². The lowest BCUT2D eigenvalue weighted by atomic mass is 9.78. The average Bonchev–Trinajstić information content (AvgIpc) is 2.53. The summed E-state index contributed by atoms with van der Waals surface area (Å²) in [4.78, 5) is 12.6. The number of benzene rings is 1. The standard InChI is InChI=1S/C16H19F3N2O2/c17-16(18,19)12-7-8-14(15(10-12)21(22)23)20-9-3-5-11-4-1-2-6-13(11)20/h7-8,10-11,13H,1-6,9H2. The Kier molecular flexibility index (Phi) is 4.21. The van der Waals surface area contributed by atoms with Gasteiger partial charge in [-0.3, -0.25) is 10.1 Å². The Morgan fingerprint density at radius 1 is 1.13 bits per heavy atom. The molecule has 1 aromatic carbocycles. The van der Waals surface area contributed by atoms with E-state index >= 15 is 0 Å². The van der Waals surface area contributed by atoms with E-state index in [1.54, 1.807) is 0 Å². The van der Waals surface area contributed by atoms with E-state index in [-0.39, 0.29) is 6.04 Å². The van der Waals surface area contributed by atoms with Crippen LogP contribution in [0.25, 0.3) is 0 Å². The number of nitro benzene ring substituents is 1. The molecule has 2 fully saturated rings. The van der Waals surface area contributed by atoms with E-state index in [1.165, 1.54) is 12.5 Å². The molecule has 3 rings (SSSR count). The lowest BCUT2D eigenvalue weighted by Crippen LogP contribution is -2.47. The van der Waals surface area contributed by atoms with E-state index in [0.717, 1.165) is 38.2 Å². The van der Waals surface area contributed by atoms with Gasteiger partial charge in [0.15, 0.2) is 0 Å². The highest BCUT2D eigenvalue weighted by atomic mass is 19.4. The molecule has 0 bridgehead atoms. The number of anilines is 1. The number of nitro groups is 1. The van der Waals surface area contributed by atoms with Gasteiger partial charge in [0.25, 0.3) is 5.69 Å². The van der Waals surface area contributed by atoms with Gasteiger partial charge in [0.05, 0.1) is 10.5 Å². The first-order chi connectivity index (χ1) is 10.9. The van der Waals surface area contributed by atoms with Crippen molar-refractivity contribution in [3.8, 4) is 0 Å². The first-order valence-corrected chi connectivity index (χ1v) is 8.00. The first-order valence-electron chi connectivity index (χ1n) is 8.00. The van der Waals surface area contributed by atoms with Crippen LogP contribution in [0.15, 0.2) is 18.2 Å². The predicted octanol–water partition coefficient (Wildman–Crippen LogP) is 4.77. The Morgan fingerprint density at radius 2 is 1.83 bits per heavy atom. The van der Waals surface area contributed by atoms with Crippen LogP contribution in [-0.4, -0.2) is 17.5 Å². The molecule has 0 amide bonds. The van der Waals surface area contributed by atoms with Gasteiger partial charge in [0, 0.05) is 18.7 Å². The third kappa shape index (κ3) is 3.14. The molecule has 23 heavy (non-hydrogen) atoms. The molecule has 1 aliphatic heterocycles. The Balaban J connectivity index is 1.99. The van der Waals surface area contributed by atoms with Crippen LogP contribution in [0.2, 0.25) is 0 Å². The topological polar surface area (TPSA) is 46.4 Å². The number of hydrogen-bond donors (Lipinski definition) is 0. The van der Waals surface area contributed by atoms with E-state index in [9.17, 15) is 23.3 Å².